The van der Waals surface area contributed by atoms with Gasteiger partial charge in [0.1, 0.15) is 11.3 Å². The van der Waals surface area contributed by atoms with E-state index in [0.29, 0.717) is 5.88 Å². The molecular formula is C15H16ClN3S. The van der Waals surface area contributed by atoms with Gasteiger partial charge in [0.05, 0.1) is 6.54 Å². The Morgan fingerprint density at radius 2 is 2.10 bits per heavy atom. The molecule has 0 fully saturated rings. The lowest BCUT2D eigenvalue weighted by Gasteiger charge is -2.07. The molecule has 3 nitrogen and oxygen atoms in total. The van der Waals surface area contributed by atoms with Crippen molar-refractivity contribution in [1.29, 1.82) is 0 Å². The SMILES string of the molecule is Cc1ccsc1Cn1c(CCCl)nc2c(C)ccnc21. The number of fused-ring (bicyclic) bond motifs is 1. The predicted octanol–water partition coefficient (Wildman–Crippen LogP) is 3.94. The first kappa shape index (κ1) is 13.6. The van der Waals surface area contributed by atoms with Gasteiger partial charge in [-0.15, -0.1) is 22.9 Å². The molecule has 20 heavy (non-hydrogen) atoms. The van der Waals surface area contributed by atoms with Crippen LogP contribution in [0.3, 0.4) is 0 Å². The third-order valence-corrected chi connectivity index (χ3v) is 4.70. The van der Waals surface area contributed by atoms with E-state index >= 15 is 0 Å². The molecule has 0 radical (unpaired) electrons. The summed E-state index contributed by atoms with van der Waals surface area (Å²) >= 11 is 7.70. The van der Waals surface area contributed by atoms with Crippen LogP contribution in [0.15, 0.2) is 23.7 Å². The molecule has 3 heterocycles. The number of rotatable bonds is 4. The molecule has 0 atom stereocenters. The molecule has 3 rings (SSSR count). The molecule has 0 aliphatic rings. The van der Waals surface area contributed by atoms with Gasteiger partial charge in [0.2, 0.25) is 0 Å². The Bertz CT molecular complexity index is 745. The van der Waals surface area contributed by atoms with E-state index in [9.17, 15) is 0 Å². The van der Waals surface area contributed by atoms with Crippen LogP contribution in [0.1, 0.15) is 21.8 Å². The van der Waals surface area contributed by atoms with Gasteiger partial charge in [0.15, 0.2) is 5.65 Å². The molecule has 0 unspecified atom stereocenters. The average molecular weight is 306 g/mol. The standard InChI is InChI=1S/C15H16ClN3S/c1-10-5-8-20-12(10)9-19-13(3-6-16)18-14-11(2)4-7-17-15(14)19/h4-5,7-8H,3,6,9H2,1-2H3. The molecule has 3 aromatic rings. The predicted molar refractivity (Wildman–Crippen MR) is 84.8 cm³/mol. The van der Waals surface area contributed by atoms with Crippen molar-refractivity contribution in [2.24, 2.45) is 0 Å². The monoisotopic (exact) mass is 305 g/mol. The highest BCUT2D eigenvalue weighted by Gasteiger charge is 2.14. The van der Waals surface area contributed by atoms with Crippen LogP contribution >= 0.6 is 22.9 Å². The number of hydrogen-bond donors (Lipinski definition) is 0. The highest BCUT2D eigenvalue weighted by Crippen LogP contribution is 2.23. The number of hydrogen-bond acceptors (Lipinski definition) is 3. The number of alkyl halides is 1. The van der Waals surface area contributed by atoms with Crippen molar-refractivity contribution in [1.82, 2.24) is 14.5 Å². The molecule has 104 valence electrons. The van der Waals surface area contributed by atoms with Gasteiger partial charge < -0.3 is 4.57 Å². The number of pyridine rings is 1. The Balaban J connectivity index is 2.14. The zero-order valence-electron chi connectivity index (χ0n) is 11.6. The van der Waals surface area contributed by atoms with Crippen LogP contribution in [0.5, 0.6) is 0 Å². The zero-order chi connectivity index (χ0) is 14.1. The Morgan fingerprint density at radius 3 is 2.80 bits per heavy atom. The third-order valence-electron chi connectivity index (χ3n) is 3.50. The van der Waals surface area contributed by atoms with Crippen LogP contribution in [-0.2, 0) is 13.0 Å². The Hall–Kier alpha value is -1.39. The Morgan fingerprint density at radius 1 is 1.25 bits per heavy atom. The van der Waals surface area contributed by atoms with Gasteiger partial charge in [-0.2, -0.15) is 0 Å². The van der Waals surface area contributed by atoms with Crippen molar-refractivity contribution < 1.29 is 0 Å². The molecule has 0 aromatic carbocycles. The summed E-state index contributed by atoms with van der Waals surface area (Å²) in [5.41, 5.74) is 4.42. The number of aryl methyl sites for hydroxylation is 3. The molecule has 0 aliphatic heterocycles. The van der Waals surface area contributed by atoms with Gasteiger partial charge in [0, 0.05) is 23.4 Å². The Labute approximate surface area is 127 Å². The summed E-state index contributed by atoms with van der Waals surface area (Å²) in [4.78, 5) is 10.6. The van der Waals surface area contributed by atoms with E-state index in [4.69, 9.17) is 16.6 Å². The van der Waals surface area contributed by atoms with Crippen molar-refractivity contribution in [2.75, 3.05) is 5.88 Å². The Kier molecular flexibility index (Phi) is 3.76. The quantitative estimate of drug-likeness (QED) is 0.684. The number of nitrogens with zero attached hydrogens (tertiary/aromatic N) is 3. The van der Waals surface area contributed by atoms with Crippen LogP contribution in [0.4, 0.5) is 0 Å². The smallest absolute Gasteiger partial charge is 0.160 e. The lowest BCUT2D eigenvalue weighted by Crippen LogP contribution is -2.06. The highest BCUT2D eigenvalue weighted by atomic mass is 35.5. The van der Waals surface area contributed by atoms with E-state index in [2.05, 4.69) is 34.8 Å². The molecule has 0 amide bonds. The lowest BCUT2D eigenvalue weighted by atomic mass is 10.2. The molecule has 0 saturated carbocycles. The van der Waals surface area contributed by atoms with Crippen LogP contribution in [0.2, 0.25) is 0 Å². The third kappa shape index (κ3) is 2.34. The van der Waals surface area contributed by atoms with Gasteiger partial charge in [0.25, 0.3) is 0 Å². The second-order valence-electron chi connectivity index (χ2n) is 4.88. The minimum atomic E-state index is 0.575. The van der Waals surface area contributed by atoms with Gasteiger partial charge >= 0.3 is 0 Å². The highest BCUT2D eigenvalue weighted by molar-refractivity contribution is 7.10. The van der Waals surface area contributed by atoms with Crippen LogP contribution in [0.25, 0.3) is 11.2 Å². The largest absolute Gasteiger partial charge is 0.307 e. The minimum absolute atomic E-state index is 0.575. The molecule has 3 aromatic heterocycles. The maximum absolute atomic E-state index is 5.92. The number of imidazole rings is 1. The number of thiophene rings is 1. The fraction of sp³-hybridized carbons (Fsp3) is 0.333. The van der Waals surface area contributed by atoms with Crippen LogP contribution in [-0.4, -0.2) is 20.4 Å². The summed E-state index contributed by atoms with van der Waals surface area (Å²) in [5.74, 6) is 1.59. The first-order valence-electron chi connectivity index (χ1n) is 6.60. The normalized spacial score (nSPS) is 11.3. The number of halogens is 1. The lowest BCUT2D eigenvalue weighted by molar-refractivity contribution is 0.753. The summed E-state index contributed by atoms with van der Waals surface area (Å²) in [7, 11) is 0. The fourth-order valence-corrected chi connectivity index (χ4v) is 3.40. The molecule has 0 aliphatic carbocycles. The van der Waals surface area contributed by atoms with Crippen molar-refractivity contribution in [2.45, 2.75) is 26.8 Å². The van der Waals surface area contributed by atoms with E-state index in [1.54, 1.807) is 11.3 Å². The minimum Gasteiger partial charge on any atom is -0.307 e. The van der Waals surface area contributed by atoms with Gasteiger partial charge in [-0.05, 0) is 42.5 Å². The van der Waals surface area contributed by atoms with E-state index in [1.807, 2.05) is 12.3 Å². The second kappa shape index (κ2) is 5.54. The summed E-state index contributed by atoms with van der Waals surface area (Å²) < 4.78 is 2.20. The molecule has 0 spiro atoms. The first-order valence-corrected chi connectivity index (χ1v) is 8.01. The van der Waals surface area contributed by atoms with Crippen LogP contribution < -0.4 is 0 Å². The van der Waals surface area contributed by atoms with E-state index < -0.39 is 0 Å². The molecule has 0 N–H and O–H groups in total. The first-order chi connectivity index (χ1) is 9.70. The van der Waals surface area contributed by atoms with Gasteiger partial charge in [-0.25, -0.2) is 9.97 Å². The summed E-state index contributed by atoms with van der Waals surface area (Å²) in [6.07, 6.45) is 2.61. The van der Waals surface area contributed by atoms with E-state index in [0.717, 1.165) is 35.5 Å². The van der Waals surface area contributed by atoms with E-state index in [-0.39, 0.29) is 0 Å². The van der Waals surface area contributed by atoms with Crippen molar-refractivity contribution in [3.63, 3.8) is 0 Å². The van der Waals surface area contributed by atoms with Crippen molar-refractivity contribution in [3.8, 4) is 0 Å². The maximum atomic E-state index is 5.92. The maximum Gasteiger partial charge on any atom is 0.160 e. The zero-order valence-corrected chi connectivity index (χ0v) is 13.1. The van der Waals surface area contributed by atoms with Crippen molar-refractivity contribution in [3.05, 3.63) is 45.5 Å². The van der Waals surface area contributed by atoms with Crippen LogP contribution in [0, 0.1) is 13.8 Å². The van der Waals surface area contributed by atoms with E-state index in [1.165, 1.54) is 10.4 Å². The van der Waals surface area contributed by atoms with Gasteiger partial charge in [-0.1, -0.05) is 0 Å². The molecule has 5 heteroatoms. The average Bonchev–Trinajstić information content (AvgIpc) is 2.98. The van der Waals surface area contributed by atoms with Gasteiger partial charge in [-0.3, -0.25) is 0 Å². The summed E-state index contributed by atoms with van der Waals surface area (Å²) in [5, 5.41) is 2.13. The summed E-state index contributed by atoms with van der Waals surface area (Å²) in [6.45, 7) is 5.04. The molecular weight excluding hydrogens is 290 g/mol. The second-order valence-corrected chi connectivity index (χ2v) is 6.26. The van der Waals surface area contributed by atoms with Crippen molar-refractivity contribution >= 4 is 34.1 Å². The summed E-state index contributed by atoms with van der Waals surface area (Å²) in [6, 6.07) is 4.15. The fourth-order valence-electron chi connectivity index (χ4n) is 2.33. The molecule has 0 saturated heterocycles. The topological polar surface area (TPSA) is 30.7 Å². The molecule has 0 bridgehead atoms. The number of aromatic nitrogens is 3.